The highest BCUT2D eigenvalue weighted by Gasteiger charge is 1.90. The van der Waals surface area contributed by atoms with Crippen molar-refractivity contribution in [1.82, 2.24) is 9.55 Å². The number of hydrogen-bond acceptors (Lipinski definition) is 1. The standard InChI is InChI=1S/C8H10N2.C2H6/c1-3-6-10-7-5-9-8(10)4-2;1-2/h3-7H,2H2,1H3;1-2H3/b6-3-;. The predicted octanol–water partition coefficient (Wildman–Crippen LogP) is 3.04. The average Bonchev–Trinajstić information content (AvgIpc) is 2.56. The molecule has 0 amide bonds. The number of aromatic nitrogens is 2. The summed E-state index contributed by atoms with van der Waals surface area (Å²) in [6.07, 6.45) is 9.24. The number of rotatable bonds is 2. The molecule has 0 unspecified atom stereocenters. The number of imidazole rings is 1. The molecule has 0 aliphatic rings. The number of allylic oxidation sites excluding steroid dienone is 1. The molecule has 0 bridgehead atoms. The Bertz CT molecular complexity index is 246. The zero-order valence-corrected chi connectivity index (χ0v) is 7.99. The molecular formula is C10H16N2. The first-order chi connectivity index (χ1) is 5.88. The smallest absolute Gasteiger partial charge is 0.136 e. The second-order valence-electron chi connectivity index (χ2n) is 1.88. The Labute approximate surface area is 74.3 Å². The Morgan fingerprint density at radius 3 is 2.67 bits per heavy atom. The van der Waals surface area contributed by atoms with E-state index in [1.165, 1.54) is 0 Å². The maximum atomic E-state index is 4.05. The van der Waals surface area contributed by atoms with Gasteiger partial charge >= 0.3 is 0 Å². The van der Waals surface area contributed by atoms with Crippen molar-refractivity contribution in [3.05, 3.63) is 30.9 Å². The lowest BCUT2D eigenvalue weighted by Crippen LogP contribution is -1.86. The molecule has 1 aromatic heterocycles. The molecule has 0 aliphatic carbocycles. The lowest BCUT2D eigenvalue weighted by Gasteiger charge is -1.93. The van der Waals surface area contributed by atoms with E-state index >= 15 is 0 Å². The minimum atomic E-state index is 0.873. The monoisotopic (exact) mass is 164 g/mol. The minimum Gasteiger partial charge on any atom is -0.307 e. The van der Waals surface area contributed by atoms with E-state index in [0.717, 1.165) is 5.82 Å². The van der Waals surface area contributed by atoms with Gasteiger partial charge in [0.2, 0.25) is 0 Å². The summed E-state index contributed by atoms with van der Waals surface area (Å²) < 4.78 is 1.91. The average molecular weight is 164 g/mol. The molecule has 0 radical (unpaired) electrons. The van der Waals surface area contributed by atoms with Gasteiger partial charge in [-0.15, -0.1) is 0 Å². The second-order valence-corrected chi connectivity index (χ2v) is 1.88. The molecule has 0 aromatic carbocycles. The topological polar surface area (TPSA) is 17.8 Å². The molecule has 2 nitrogen and oxygen atoms in total. The van der Waals surface area contributed by atoms with Crippen molar-refractivity contribution < 1.29 is 0 Å². The Balaban J connectivity index is 0.000000561. The Morgan fingerprint density at radius 2 is 2.17 bits per heavy atom. The van der Waals surface area contributed by atoms with E-state index in [-0.39, 0.29) is 0 Å². The van der Waals surface area contributed by atoms with Gasteiger partial charge in [-0.3, -0.25) is 0 Å². The summed E-state index contributed by atoms with van der Waals surface area (Å²) >= 11 is 0. The molecule has 66 valence electrons. The third-order valence-corrected chi connectivity index (χ3v) is 1.19. The van der Waals surface area contributed by atoms with Gasteiger partial charge in [-0.1, -0.05) is 26.5 Å². The quantitative estimate of drug-likeness (QED) is 0.657. The molecule has 1 rings (SSSR count). The van der Waals surface area contributed by atoms with Crippen LogP contribution in [0.5, 0.6) is 0 Å². The molecule has 12 heavy (non-hydrogen) atoms. The fraction of sp³-hybridized carbons (Fsp3) is 0.300. The second kappa shape index (κ2) is 6.40. The Morgan fingerprint density at radius 1 is 1.50 bits per heavy atom. The highest BCUT2D eigenvalue weighted by Crippen LogP contribution is 1.98. The molecule has 0 N–H and O–H groups in total. The van der Waals surface area contributed by atoms with Crippen LogP contribution < -0.4 is 0 Å². The van der Waals surface area contributed by atoms with Crippen LogP contribution in [0.1, 0.15) is 26.6 Å². The van der Waals surface area contributed by atoms with E-state index < -0.39 is 0 Å². The van der Waals surface area contributed by atoms with Gasteiger partial charge in [-0.2, -0.15) is 0 Å². The first-order valence-electron chi connectivity index (χ1n) is 4.16. The molecule has 0 atom stereocenters. The van der Waals surface area contributed by atoms with E-state index in [1.807, 2.05) is 43.8 Å². The third kappa shape index (κ3) is 2.74. The maximum absolute atomic E-state index is 4.05. The van der Waals surface area contributed by atoms with Crippen molar-refractivity contribution in [2.75, 3.05) is 0 Å². The number of hydrogen-bond donors (Lipinski definition) is 0. The summed E-state index contributed by atoms with van der Waals surface area (Å²) in [4.78, 5) is 4.05. The van der Waals surface area contributed by atoms with Crippen molar-refractivity contribution in [1.29, 1.82) is 0 Å². The van der Waals surface area contributed by atoms with Crippen LogP contribution in [-0.2, 0) is 0 Å². The molecule has 0 fully saturated rings. The van der Waals surface area contributed by atoms with Crippen LogP contribution >= 0.6 is 0 Å². The Hall–Kier alpha value is -1.31. The van der Waals surface area contributed by atoms with Crippen LogP contribution in [0.15, 0.2) is 25.0 Å². The summed E-state index contributed by atoms with van der Waals surface area (Å²) in [7, 11) is 0. The molecule has 0 saturated heterocycles. The van der Waals surface area contributed by atoms with Gasteiger partial charge in [-0.05, 0) is 13.0 Å². The first kappa shape index (κ1) is 10.7. The molecule has 1 heterocycles. The summed E-state index contributed by atoms with van der Waals surface area (Å²) in [5.74, 6) is 0.873. The van der Waals surface area contributed by atoms with Crippen LogP contribution in [0.25, 0.3) is 12.3 Å². The van der Waals surface area contributed by atoms with Gasteiger partial charge in [0.25, 0.3) is 0 Å². The van der Waals surface area contributed by atoms with Crippen LogP contribution in [0, 0.1) is 0 Å². The van der Waals surface area contributed by atoms with Crippen molar-refractivity contribution in [2.45, 2.75) is 20.8 Å². The lowest BCUT2D eigenvalue weighted by atomic mass is 10.6. The van der Waals surface area contributed by atoms with Gasteiger partial charge in [0.1, 0.15) is 5.82 Å². The minimum absolute atomic E-state index is 0.873. The largest absolute Gasteiger partial charge is 0.307 e. The zero-order valence-electron chi connectivity index (χ0n) is 7.99. The fourth-order valence-electron chi connectivity index (χ4n) is 0.769. The third-order valence-electron chi connectivity index (χ3n) is 1.19. The van der Waals surface area contributed by atoms with E-state index in [2.05, 4.69) is 11.6 Å². The molecular weight excluding hydrogens is 148 g/mol. The van der Waals surface area contributed by atoms with Gasteiger partial charge in [0.05, 0.1) is 0 Å². The number of nitrogens with zero attached hydrogens (tertiary/aromatic N) is 2. The van der Waals surface area contributed by atoms with E-state index in [1.54, 1.807) is 12.3 Å². The van der Waals surface area contributed by atoms with Crippen LogP contribution in [-0.4, -0.2) is 9.55 Å². The Kier molecular flexibility index (Phi) is 5.70. The molecule has 0 aliphatic heterocycles. The van der Waals surface area contributed by atoms with Crippen molar-refractivity contribution in [3.63, 3.8) is 0 Å². The van der Waals surface area contributed by atoms with Crippen molar-refractivity contribution >= 4 is 12.3 Å². The van der Waals surface area contributed by atoms with Gasteiger partial charge in [-0.25, -0.2) is 4.98 Å². The molecule has 1 aromatic rings. The fourth-order valence-corrected chi connectivity index (χ4v) is 0.769. The zero-order chi connectivity index (χ0) is 9.40. The summed E-state index contributed by atoms with van der Waals surface area (Å²) in [5.41, 5.74) is 0. The van der Waals surface area contributed by atoms with Crippen LogP contribution in [0.4, 0.5) is 0 Å². The van der Waals surface area contributed by atoms with Gasteiger partial charge in [0, 0.05) is 18.6 Å². The van der Waals surface area contributed by atoms with Crippen molar-refractivity contribution in [2.24, 2.45) is 0 Å². The molecule has 0 spiro atoms. The van der Waals surface area contributed by atoms with E-state index in [9.17, 15) is 0 Å². The lowest BCUT2D eigenvalue weighted by molar-refractivity contribution is 1.10. The van der Waals surface area contributed by atoms with Crippen molar-refractivity contribution in [3.8, 4) is 0 Å². The summed E-state index contributed by atoms with van der Waals surface area (Å²) in [5, 5.41) is 0. The van der Waals surface area contributed by atoms with Gasteiger partial charge in [0.15, 0.2) is 0 Å². The highest BCUT2D eigenvalue weighted by atomic mass is 15.0. The first-order valence-corrected chi connectivity index (χ1v) is 4.16. The van der Waals surface area contributed by atoms with Crippen LogP contribution in [0.2, 0.25) is 0 Å². The predicted molar refractivity (Wildman–Crippen MR) is 54.7 cm³/mol. The summed E-state index contributed by atoms with van der Waals surface area (Å²) in [6.45, 7) is 9.59. The molecule has 0 saturated carbocycles. The van der Waals surface area contributed by atoms with E-state index in [4.69, 9.17) is 0 Å². The summed E-state index contributed by atoms with van der Waals surface area (Å²) in [6, 6.07) is 0. The maximum Gasteiger partial charge on any atom is 0.136 e. The normalized spacial score (nSPS) is 9.25. The highest BCUT2D eigenvalue weighted by molar-refractivity contribution is 5.42. The van der Waals surface area contributed by atoms with Gasteiger partial charge < -0.3 is 4.57 Å². The SMILES string of the molecule is C=Cc1nccn1/C=C\C.CC. The van der Waals surface area contributed by atoms with Crippen LogP contribution in [0.3, 0.4) is 0 Å². The van der Waals surface area contributed by atoms with E-state index in [0.29, 0.717) is 0 Å². The molecule has 2 heteroatoms.